The molecule has 0 saturated carbocycles. The van der Waals surface area contributed by atoms with E-state index >= 15 is 0 Å². The Labute approximate surface area is 103 Å². The first-order chi connectivity index (χ1) is 8.00. The van der Waals surface area contributed by atoms with Gasteiger partial charge in [-0.15, -0.1) is 0 Å². The second-order valence-electron chi connectivity index (χ2n) is 5.05. The van der Waals surface area contributed by atoms with Crippen LogP contribution in [-0.2, 0) is 17.9 Å². The number of aromatic nitrogens is 3. The van der Waals surface area contributed by atoms with Crippen molar-refractivity contribution in [3.63, 3.8) is 0 Å². The van der Waals surface area contributed by atoms with Gasteiger partial charge < -0.3 is 10.5 Å². The van der Waals surface area contributed by atoms with Crippen molar-refractivity contribution in [3.05, 3.63) is 12.2 Å². The van der Waals surface area contributed by atoms with E-state index in [9.17, 15) is 0 Å². The molecule has 0 bridgehead atoms. The zero-order valence-electron chi connectivity index (χ0n) is 11.3. The highest BCUT2D eigenvalue weighted by Crippen LogP contribution is 2.15. The first-order valence-electron chi connectivity index (χ1n) is 6.21. The molecule has 0 radical (unpaired) electrons. The average molecular weight is 240 g/mol. The monoisotopic (exact) mass is 240 g/mol. The summed E-state index contributed by atoms with van der Waals surface area (Å²) in [7, 11) is 0. The summed E-state index contributed by atoms with van der Waals surface area (Å²) in [5.41, 5.74) is 5.44. The van der Waals surface area contributed by atoms with Gasteiger partial charge >= 0.3 is 0 Å². The predicted molar refractivity (Wildman–Crippen MR) is 67.4 cm³/mol. The fourth-order valence-corrected chi connectivity index (χ4v) is 1.44. The fraction of sp³-hybridized carbons (Fsp3) is 0.833. The quantitative estimate of drug-likeness (QED) is 0.785. The van der Waals surface area contributed by atoms with Crippen LogP contribution in [0.3, 0.4) is 0 Å². The molecule has 0 aromatic carbocycles. The number of hydrogen-bond donors (Lipinski definition) is 1. The molecular weight excluding hydrogens is 216 g/mol. The fourth-order valence-electron chi connectivity index (χ4n) is 1.44. The maximum Gasteiger partial charge on any atom is 0.152 e. The maximum atomic E-state index is 5.85. The lowest BCUT2D eigenvalue weighted by Crippen LogP contribution is -2.37. The predicted octanol–water partition coefficient (Wildman–Crippen LogP) is 1.58. The molecular formula is C12H24N4O. The summed E-state index contributed by atoms with van der Waals surface area (Å²) >= 11 is 0. The minimum absolute atomic E-state index is 0.269. The molecule has 5 heteroatoms. The van der Waals surface area contributed by atoms with E-state index < -0.39 is 0 Å². The van der Waals surface area contributed by atoms with Crippen molar-refractivity contribution in [1.82, 2.24) is 14.8 Å². The standard InChI is InChI=1S/C12H24N4O/c1-5-12(4,8-13)17-7-11-14-9-15-16(11)6-10(2)3/h9-10H,5-8,13H2,1-4H3. The van der Waals surface area contributed by atoms with Crippen LogP contribution in [0.1, 0.15) is 39.9 Å². The van der Waals surface area contributed by atoms with Gasteiger partial charge in [0, 0.05) is 13.1 Å². The number of nitrogens with two attached hydrogens (primary N) is 1. The number of nitrogens with zero attached hydrogens (tertiary/aromatic N) is 3. The molecule has 98 valence electrons. The lowest BCUT2D eigenvalue weighted by molar-refractivity contribution is -0.0430. The third kappa shape index (κ3) is 4.09. The van der Waals surface area contributed by atoms with Crippen molar-refractivity contribution in [2.45, 2.75) is 52.9 Å². The molecule has 2 N–H and O–H groups in total. The van der Waals surface area contributed by atoms with Crippen LogP contribution in [0.25, 0.3) is 0 Å². The van der Waals surface area contributed by atoms with Gasteiger partial charge in [0.2, 0.25) is 0 Å². The Kier molecular flexibility index (Phi) is 5.08. The van der Waals surface area contributed by atoms with Gasteiger partial charge in [0.25, 0.3) is 0 Å². The minimum Gasteiger partial charge on any atom is -0.366 e. The van der Waals surface area contributed by atoms with Crippen LogP contribution in [-0.4, -0.2) is 26.9 Å². The summed E-state index contributed by atoms with van der Waals surface area (Å²) in [5.74, 6) is 1.41. The molecule has 1 atom stereocenters. The molecule has 1 unspecified atom stereocenters. The second kappa shape index (κ2) is 6.12. The molecule has 1 aromatic rings. The van der Waals surface area contributed by atoms with Gasteiger partial charge in [0.15, 0.2) is 5.82 Å². The number of rotatable bonds is 7. The van der Waals surface area contributed by atoms with Crippen molar-refractivity contribution in [3.8, 4) is 0 Å². The van der Waals surface area contributed by atoms with Gasteiger partial charge in [-0.2, -0.15) is 5.10 Å². The van der Waals surface area contributed by atoms with E-state index in [0.29, 0.717) is 19.1 Å². The number of ether oxygens (including phenoxy) is 1. The van der Waals surface area contributed by atoms with E-state index in [0.717, 1.165) is 18.8 Å². The van der Waals surface area contributed by atoms with Crippen molar-refractivity contribution < 1.29 is 4.74 Å². The molecule has 0 aliphatic carbocycles. The average Bonchev–Trinajstić information content (AvgIpc) is 2.72. The smallest absolute Gasteiger partial charge is 0.152 e. The van der Waals surface area contributed by atoms with Crippen LogP contribution in [0.5, 0.6) is 0 Å². The molecule has 0 aliphatic heterocycles. The van der Waals surface area contributed by atoms with Gasteiger partial charge in [0.1, 0.15) is 12.9 Å². The van der Waals surface area contributed by atoms with Crippen LogP contribution in [0.4, 0.5) is 0 Å². The molecule has 0 aliphatic rings. The van der Waals surface area contributed by atoms with Crippen molar-refractivity contribution >= 4 is 0 Å². The summed E-state index contributed by atoms with van der Waals surface area (Å²) in [6.45, 7) is 10.3. The molecule has 5 nitrogen and oxygen atoms in total. The van der Waals surface area contributed by atoms with Crippen LogP contribution in [0.15, 0.2) is 6.33 Å². The van der Waals surface area contributed by atoms with Gasteiger partial charge in [-0.05, 0) is 19.3 Å². The molecule has 0 spiro atoms. The second-order valence-corrected chi connectivity index (χ2v) is 5.05. The molecule has 0 amide bonds. The maximum absolute atomic E-state index is 5.85. The molecule has 1 heterocycles. The normalized spacial score (nSPS) is 15.2. The summed E-state index contributed by atoms with van der Waals surface area (Å²) in [6.07, 6.45) is 2.47. The first-order valence-corrected chi connectivity index (χ1v) is 6.21. The van der Waals surface area contributed by atoms with Crippen LogP contribution < -0.4 is 5.73 Å². The van der Waals surface area contributed by atoms with Gasteiger partial charge in [-0.3, -0.25) is 0 Å². The van der Waals surface area contributed by atoms with E-state index in [-0.39, 0.29) is 5.60 Å². The molecule has 17 heavy (non-hydrogen) atoms. The van der Waals surface area contributed by atoms with E-state index in [1.54, 1.807) is 6.33 Å². The van der Waals surface area contributed by atoms with E-state index in [1.165, 1.54) is 0 Å². The lowest BCUT2D eigenvalue weighted by Gasteiger charge is -2.26. The highest BCUT2D eigenvalue weighted by Gasteiger charge is 2.21. The summed E-state index contributed by atoms with van der Waals surface area (Å²) < 4.78 is 7.75. The first kappa shape index (κ1) is 14.1. The molecule has 1 aromatic heterocycles. The largest absolute Gasteiger partial charge is 0.366 e. The summed E-state index contributed by atoms with van der Waals surface area (Å²) in [4.78, 5) is 4.23. The molecule has 0 saturated heterocycles. The van der Waals surface area contributed by atoms with E-state index in [1.807, 2.05) is 11.6 Å². The van der Waals surface area contributed by atoms with E-state index in [4.69, 9.17) is 10.5 Å². The van der Waals surface area contributed by atoms with Crippen LogP contribution in [0, 0.1) is 5.92 Å². The Morgan fingerprint density at radius 1 is 1.53 bits per heavy atom. The van der Waals surface area contributed by atoms with Crippen LogP contribution >= 0.6 is 0 Å². The highest BCUT2D eigenvalue weighted by atomic mass is 16.5. The van der Waals surface area contributed by atoms with E-state index in [2.05, 4.69) is 30.9 Å². The van der Waals surface area contributed by atoms with Crippen molar-refractivity contribution in [1.29, 1.82) is 0 Å². The minimum atomic E-state index is -0.269. The van der Waals surface area contributed by atoms with Gasteiger partial charge in [0.05, 0.1) is 5.60 Å². The van der Waals surface area contributed by atoms with Gasteiger partial charge in [-0.25, -0.2) is 9.67 Å². The third-order valence-electron chi connectivity index (χ3n) is 2.96. The SMILES string of the molecule is CCC(C)(CN)OCc1ncnn1CC(C)C. The van der Waals surface area contributed by atoms with Gasteiger partial charge in [-0.1, -0.05) is 20.8 Å². The van der Waals surface area contributed by atoms with Crippen LogP contribution in [0.2, 0.25) is 0 Å². The Morgan fingerprint density at radius 2 is 2.24 bits per heavy atom. The summed E-state index contributed by atoms with van der Waals surface area (Å²) in [5, 5.41) is 4.20. The zero-order valence-corrected chi connectivity index (χ0v) is 11.3. The Balaban J connectivity index is 2.60. The Morgan fingerprint density at radius 3 is 2.76 bits per heavy atom. The topological polar surface area (TPSA) is 66.0 Å². The molecule has 0 fully saturated rings. The number of hydrogen-bond acceptors (Lipinski definition) is 4. The van der Waals surface area contributed by atoms with Crippen molar-refractivity contribution in [2.75, 3.05) is 6.54 Å². The third-order valence-corrected chi connectivity index (χ3v) is 2.96. The Bertz CT molecular complexity index is 331. The Hall–Kier alpha value is -0.940. The van der Waals surface area contributed by atoms with Crippen molar-refractivity contribution in [2.24, 2.45) is 11.7 Å². The summed E-state index contributed by atoms with van der Waals surface area (Å²) in [6, 6.07) is 0. The highest BCUT2D eigenvalue weighted by molar-refractivity contribution is 4.84. The lowest BCUT2D eigenvalue weighted by atomic mass is 10.0. The molecule has 1 rings (SSSR count). The zero-order chi connectivity index (χ0) is 12.9.